The second-order valence-electron chi connectivity index (χ2n) is 7.16. The van der Waals surface area contributed by atoms with Gasteiger partial charge in [-0.2, -0.15) is 0 Å². The molecule has 5 rings (SSSR count). The predicted molar refractivity (Wildman–Crippen MR) is 111 cm³/mol. The minimum Gasteiger partial charge on any atom is -0.394 e. The molecule has 3 aromatic carbocycles. The first-order valence-electron chi connectivity index (χ1n) is 9.49. The normalized spacial score (nSPS) is 17.8. The molecule has 0 aliphatic carbocycles. The van der Waals surface area contributed by atoms with Gasteiger partial charge >= 0.3 is 0 Å². The lowest BCUT2D eigenvalue weighted by Gasteiger charge is -2.44. The number of nitrogens with zero attached hydrogens (tertiary/aromatic N) is 2. The van der Waals surface area contributed by atoms with E-state index in [2.05, 4.69) is 10.2 Å². The van der Waals surface area contributed by atoms with Crippen molar-refractivity contribution < 1.29 is 14.7 Å². The Morgan fingerprint density at radius 2 is 1.38 bits per heavy atom. The molecule has 0 saturated carbocycles. The summed E-state index contributed by atoms with van der Waals surface area (Å²) in [6.07, 6.45) is 0. The summed E-state index contributed by atoms with van der Waals surface area (Å²) in [5.41, 5.74) is 4.24. The van der Waals surface area contributed by atoms with Crippen LogP contribution in [0, 0.1) is 0 Å². The third-order valence-electron chi connectivity index (χ3n) is 5.45. The first-order valence-corrected chi connectivity index (χ1v) is 9.49. The van der Waals surface area contributed by atoms with Gasteiger partial charge in [-0.3, -0.25) is 14.9 Å². The summed E-state index contributed by atoms with van der Waals surface area (Å²) in [5, 5.41) is 12.6. The zero-order valence-corrected chi connectivity index (χ0v) is 15.6. The molecule has 2 aliphatic rings. The molecule has 3 aromatic rings. The lowest BCUT2D eigenvalue weighted by atomic mass is 9.99. The van der Waals surface area contributed by atoms with Crippen molar-refractivity contribution in [2.75, 3.05) is 23.0 Å². The smallest absolute Gasteiger partial charge is 0.259 e. The number of rotatable bonds is 3. The standard InChI is InChI=1S/C23H19N3O3/c27-14-17-13-25(15-7-3-1-4-8-15)20-11-18-19(23(29)24-22(18)28)12-21(20)26(17)16-9-5-2-6-10-16/h1-12,17,27H,13-14H2,(H,24,28,29). The highest BCUT2D eigenvalue weighted by atomic mass is 16.3. The van der Waals surface area contributed by atoms with Crippen LogP contribution in [-0.4, -0.2) is 36.1 Å². The number of anilines is 4. The van der Waals surface area contributed by atoms with Gasteiger partial charge in [-0.25, -0.2) is 0 Å². The van der Waals surface area contributed by atoms with Gasteiger partial charge in [0.05, 0.1) is 35.2 Å². The number of amides is 2. The summed E-state index contributed by atoms with van der Waals surface area (Å²) in [4.78, 5) is 28.7. The van der Waals surface area contributed by atoms with E-state index in [1.807, 2.05) is 65.6 Å². The van der Waals surface area contributed by atoms with Crippen LogP contribution in [0.2, 0.25) is 0 Å². The topological polar surface area (TPSA) is 72.9 Å². The Morgan fingerprint density at radius 3 is 1.97 bits per heavy atom. The van der Waals surface area contributed by atoms with Crippen molar-refractivity contribution in [1.29, 1.82) is 0 Å². The van der Waals surface area contributed by atoms with E-state index in [1.54, 1.807) is 12.1 Å². The van der Waals surface area contributed by atoms with E-state index in [0.717, 1.165) is 22.7 Å². The molecule has 0 saturated heterocycles. The SMILES string of the molecule is O=C1NC(=O)c2cc3c(cc21)N(c1ccccc1)CC(CO)N3c1ccccc1. The Kier molecular flexibility index (Phi) is 4.07. The van der Waals surface area contributed by atoms with Gasteiger partial charge < -0.3 is 14.9 Å². The summed E-state index contributed by atoms with van der Waals surface area (Å²) in [6, 6.07) is 22.9. The molecular weight excluding hydrogens is 366 g/mol. The number of nitrogens with one attached hydrogen (secondary N) is 1. The van der Waals surface area contributed by atoms with E-state index >= 15 is 0 Å². The van der Waals surface area contributed by atoms with Crippen LogP contribution >= 0.6 is 0 Å². The number of hydrogen-bond donors (Lipinski definition) is 2. The molecule has 1 atom stereocenters. The fraction of sp³-hybridized carbons (Fsp3) is 0.130. The number of carbonyl (C=O) groups is 2. The van der Waals surface area contributed by atoms with Crippen LogP contribution in [0.1, 0.15) is 20.7 Å². The third kappa shape index (κ3) is 2.77. The van der Waals surface area contributed by atoms with E-state index in [-0.39, 0.29) is 18.6 Å². The maximum absolute atomic E-state index is 12.3. The van der Waals surface area contributed by atoms with E-state index in [4.69, 9.17) is 0 Å². The van der Waals surface area contributed by atoms with Gasteiger partial charge in [0.25, 0.3) is 11.8 Å². The van der Waals surface area contributed by atoms with Crippen LogP contribution in [0.25, 0.3) is 0 Å². The van der Waals surface area contributed by atoms with Crippen LogP contribution in [0.3, 0.4) is 0 Å². The molecule has 0 spiro atoms. The summed E-state index contributed by atoms with van der Waals surface area (Å²) >= 11 is 0. The molecular formula is C23H19N3O3. The zero-order valence-electron chi connectivity index (χ0n) is 15.6. The maximum Gasteiger partial charge on any atom is 0.259 e. The molecule has 29 heavy (non-hydrogen) atoms. The molecule has 2 aliphatic heterocycles. The van der Waals surface area contributed by atoms with Crippen molar-refractivity contribution in [3.8, 4) is 0 Å². The largest absolute Gasteiger partial charge is 0.394 e. The number of fused-ring (bicyclic) bond motifs is 2. The number of aliphatic hydroxyl groups excluding tert-OH is 1. The highest BCUT2D eigenvalue weighted by Gasteiger charge is 2.36. The van der Waals surface area contributed by atoms with Gasteiger partial charge in [-0.1, -0.05) is 36.4 Å². The summed E-state index contributed by atoms with van der Waals surface area (Å²) in [7, 11) is 0. The van der Waals surface area contributed by atoms with E-state index in [0.29, 0.717) is 17.7 Å². The second kappa shape index (κ2) is 6.76. The van der Waals surface area contributed by atoms with Crippen LogP contribution in [0.15, 0.2) is 72.8 Å². The fourth-order valence-corrected chi connectivity index (χ4v) is 4.12. The lowest BCUT2D eigenvalue weighted by Crippen LogP contribution is -2.47. The average Bonchev–Trinajstić information content (AvgIpc) is 3.05. The lowest BCUT2D eigenvalue weighted by molar-refractivity contribution is 0.0879. The van der Waals surface area contributed by atoms with Crippen molar-refractivity contribution >= 4 is 34.6 Å². The zero-order chi connectivity index (χ0) is 20.0. The minimum absolute atomic E-state index is 0.0557. The molecule has 2 N–H and O–H groups in total. The van der Waals surface area contributed by atoms with E-state index < -0.39 is 5.91 Å². The molecule has 144 valence electrons. The van der Waals surface area contributed by atoms with Gasteiger partial charge in [0.15, 0.2) is 0 Å². The van der Waals surface area contributed by atoms with Crippen molar-refractivity contribution in [2.24, 2.45) is 0 Å². The summed E-state index contributed by atoms with van der Waals surface area (Å²) < 4.78 is 0. The van der Waals surface area contributed by atoms with E-state index in [9.17, 15) is 14.7 Å². The van der Waals surface area contributed by atoms with E-state index in [1.165, 1.54) is 0 Å². The van der Waals surface area contributed by atoms with Gasteiger partial charge in [0.2, 0.25) is 0 Å². The third-order valence-corrected chi connectivity index (χ3v) is 5.45. The number of aliphatic hydroxyl groups is 1. The average molecular weight is 385 g/mol. The fourth-order valence-electron chi connectivity index (χ4n) is 4.12. The van der Waals surface area contributed by atoms with Crippen molar-refractivity contribution in [3.63, 3.8) is 0 Å². The van der Waals surface area contributed by atoms with Crippen molar-refractivity contribution in [2.45, 2.75) is 6.04 Å². The molecule has 0 bridgehead atoms. The van der Waals surface area contributed by atoms with Crippen molar-refractivity contribution in [3.05, 3.63) is 83.9 Å². The van der Waals surface area contributed by atoms with Crippen LogP contribution in [0.4, 0.5) is 22.7 Å². The van der Waals surface area contributed by atoms with Crippen molar-refractivity contribution in [1.82, 2.24) is 5.32 Å². The van der Waals surface area contributed by atoms with Crippen LogP contribution in [0.5, 0.6) is 0 Å². The molecule has 0 radical (unpaired) electrons. The number of hydrogen-bond acceptors (Lipinski definition) is 5. The summed E-state index contributed by atoms with van der Waals surface area (Å²) in [6.45, 7) is 0.483. The first kappa shape index (κ1) is 17.5. The molecule has 2 heterocycles. The number of para-hydroxylation sites is 2. The highest BCUT2D eigenvalue weighted by molar-refractivity contribution is 6.22. The number of carbonyl (C=O) groups excluding carboxylic acids is 2. The Bertz CT molecular complexity index is 1100. The number of benzene rings is 3. The van der Waals surface area contributed by atoms with Gasteiger partial charge in [-0.05, 0) is 36.4 Å². The van der Waals surface area contributed by atoms with Gasteiger partial charge in [0.1, 0.15) is 0 Å². The number of imide groups is 1. The predicted octanol–water partition coefficient (Wildman–Crippen LogP) is 3.22. The maximum atomic E-state index is 12.3. The van der Waals surface area contributed by atoms with Crippen LogP contribution < -0.4 is 15.1 Å². The molecule has 6 heteroatoms. The first-order chi connectivity index (χ1) is 14.2. The highest BCUT2D eigenvalue weighted by Crippen LogP contribution is 2.45. The van der Waals surface area contributed by atoms with Crippen LogP contribution in [-0.2, 0) is 0 Å². The summed E-state index contributed by atoms with van der Waals surface area (Å²) in [5.74, 6) is -0.769. The second-order valence-corrected chi connectivity index (χ2v) is 7.16. The quantitative estimate of drug-likeness (QED) is 0.678. The molecule has 2 amide bonds. The molecule has 0 fully saturated rings. The molecule has 6 nitrogen and oxygen atoms in total. The Labute approximate surface area is 168 Å². The van der Waals surface area contributed by atoms with Gasteiger partial charge in [-0.15, -0.1) is 0 Å². The Hall–Kier alpha value is -3.64. The Morgan fingerprint density at radius 1 is 0.828 bits per heavy atom. The molecule has 1 unspecified atom stereocenters. The minimum atomic E-state index is -0.391. The van der Waals surface area contributed by atoms with Gasteiger partial charge in [0, 0.05) is 17.9 Å². The Balaban J connectivity index is 1.76. The molecule has 0 aromatic heterocycles. The monoisotopic (exact) mass is 385 g/mol.